The van der Waals surface area contributed by atoms with Gasteiger partial charge in [0.25, 0.3) is 5.56 Å². The van der Waals surface area contributed by atoms with E-state index in [0.29, 0.717) is 21.1 Å². The Kier molecular flexibility index (Phi) is 4.91. The average Bonchev–Trinajstić information content (AvgIpc) is 2.91. The number of carboxylic acid groups (broad SMARTS) is 1. The number of thiophene rings is 1. The molecule has 2 heterocycles. The maximum atomic E-state index is 13.5. The van der Waals surface area contributed by atoms with Crippen molar-refractivity contribution in [1.82, 2.24) is 9.55 Å². The Morgan fingerprint density at radius 2 is 1.85 bits per heavy atom. The van der Waals surface area contributed by atoms with Crippen LogP contribution >= 0.6 is 22.9 Å². The maximum Gasteiger partial charge on any atom is 0.329 e. The molecule has 7 heteroatoms. The van der Waals surface area contributed by atoms with Crippen molar-refractivity contribution in [2.24, 2.45) is 0 Å². The first-order valence-corrected chi connectivity index (χ1v) is 9.81. The molecule has 0 aliphatic rings. The fourth-order valence-electron chi connectivity index (χ4n) is 3.16. The molecule has 0 spiro atoms. The second-order valence-electron chi connectivity index (χ2n) is 7.35. The Hall–Kier alpha value is -2.18. The Morgan fingerprint density at radius 1 is 1.26 bits per heavy atom. The van der Waals surface area contributed by atoms with Crippen LogP contribution in [-0.4, -0.2) is 20.6 Å². The fourth-order valence-corrected chi connectivity index (χ4v) is 4.33. The van der Waals surface area contributed by atoms with Gasteiger partial charge in [-0.25, -0.2) is 9.78 Å². The molecule has 0 saturated heterocycles. The molecule has 0 amide bonds. The summed E-state index contributed by atoms with van der Waals surface area (Å²) in [6.45, 7) is 8.80. The van der Waals surface area contributed by atoms with Gasteiger partial charge >= 0.3 is 5.97 Å². The van der Waals surface area contributed by atoms with Crippen LogP contribution in [0.4, 0.5) is 0 Å². The second-order valence-corrected chi connectivity index (χ2v) is 8.99. The summed E-state index contributed by atoms with van der Waals surface area (Å²) in [5.74, 6) is -0.696. The van der Waals surface area contributed by atoms with Gasteiger partial charge in [-0.1, -0.05) is 37.6 Å². The average molecular weight is 405 g/mol. The van der Waals surface area contributed by atoms with Crippen LogP contribution in [0.25, 0.3) is 21.3 Å². The number of hydrogen-bond acceptors (Lipinski definition) is 4. The van der Waals surface area contributed by atoms with E-state index in [1.165, 1.54) is 29.8 Å². The van der Waals surface area contributed by atoms with Crippen LogP contribution in [0.5, 0.6) is 0 Å². The largest absolute Gasteiger partial charge is 0.480 e. The first kappa shape index (κ1) is 19.6. The van der Waals surface area contributed by atoms with Crippen molar-refractivity contribution in [3.05, 3.63) is 50.3 Å². The van der Waals surface area contributed by atoms with Crippen LogP contribution in [-0.2, 0) is 10.3 Å². The van der Waals surface area contributed by atoms with Crippen LogP contribution in [0.2, 0.25) is 5.02 Å². The van der Waals surface area contributed by atoms with Crippen molar-refractivity contribution in [2.45, 2.75) is 46.1 Å². The number of rotatable bonds is 4. The SMILES string of the molecule is Cc1sc2nc(C(C)C)n(C(C)(C)C(=O)O)c(=O)c2c1-c1ccc(Cl)cc1. The standard InChI is InChI=1S/C20H21ClN2O3S/c1-10(2)16-22-17-15(18(24)23(16)20(4,5)19(25)26)14(11(3)27-17)12-6-8-13(21)9-7-12/h6-10H,1-5H3,(H,25,26). The topological polar surface area (TPSA) is 72.2 Å². The number of halogens is 1. The molecule has 3 rings (SSSR count). The zero-order valence-electron chi connectivity index (χ0n) is 15.8. The zero-order valence-corrected chi connectivity index (χ0v) is 17.4. The molecule has 3 aromatic rings. The molecule has 0 aliphatic carbocycles. The number of aryl methyl sites for hydroxylation is 1. The Labute approximate surface area is 166 Å². The zero-order chi connectivity index (χ0) is 20.1. The summed E-state index contributed by atoms with van der Waals surface area (Å²) in [5, 5.41) is 10.8. The van der Waals surface area contributed by atoms with E-state index in [1.807, 2.05) is 32.9 Å². The summed E-state index contributed by atoms with van der Waals surface area (Å²) < 4.78 is 1.33. The molecular formula is C20H21ClN2O3S. The van der Waals surface area contributed by atoms with Crippen molar-refractivity contribution in [2.75, 3.05) is 0 Å². The van der Waals surface area contributed by atoms with Gasteiger partial charge in [-0.2, -0.15) is 0 Å². The predicted molar refractivity (Wildman–Crippen MR) is 110 cm³/mol. The summed E-state index contributed by atoms with van der Waals surface area (Å²) in [6, 6.07) is 7.27. The van der Waals surface area contributed by atoms with Gasteiger partial charge < -0.3 is 5.11 Å². The van der Waals surface area contributed by atoms with Crippen molar-refractivity contribution >= 4 is 39.1 Å². The number of fused-ring (bicyclic) bond motifs is 1. The third kappa shape index (κ3) is 3.17. The lowest BCUT2D eigenvalue weighted by molar-refractivity contribution is -0.146. The van der Waals surface area contributed by atoms with E-state index >= 15 is 0 Å². The minimum Gasteiger partial charge on any atom is -0.480 e. The molecule has 2 aromatic heterocycles. The monoisotopic (exact) mass is 404 g/mol. The molecule has 0 unspecified atom stereocenters. The Morgan fingerprint density at radius 3 is 2.37 bits per heavy atom. The van der Waals surface area contributed by atoms with Crippen molar-refractivity contribution in [1.29, 1.82) is 0 Å². The molecular weight excluding hydrogens is 384 g/mol. The number of carbonyl (C=O) groups is 1. The third-order valence-electron chi connectivity index (χ3n) is 4.66. The van der Waals surface area contributed by atoms with Gasteiger partial charge in [-0.05, 0) is 38.5 Å². The van der Waals surface area contributed by atoms with Crippen molar-refractivity contribution in [3.8, 4) is 11.1 Å². The molecule has 0 bridgehead atoms. The number of carboxylic acids is 1. The lowest BCUT2D eigenvalue weighted by Crippen LogP contribution is -2.45. The Balaban J connectivity index is 2.46. The molecule has 1 N–H and O–H groups in total. The minimum absolute atomic E-state index is 0.0953. The highest BCUT2D eigenvalue weighted by Gasteiger charge is 2.35. The van der Waals surface area contributed by atoms with Crippen molar-refractivity contribution in [3.63, 3.8) is 0 Å². The van der Waals surface area contributed by atoms with E-state index < -0.39 is 11.5 Å². The van der Waals surface area contributed by atoms with E-state index in [4.69, 9.17) is 16.6 Å². The van der Waals surface area contributed by atoms with Crippen LogP contribution in [0, 0.1) is 6.92 Å². The first-order chi connectivity index (χ1) is 12.6. The molecule has 0 atom stereocenters. The highest BCUT2D eigenvalue weighted by Crippen LogP contribution is 2.37. The normalized spacial score (nSPS) is 12.1. The second kappa shape index (κ2) is 6.77. The molecule has 5 nitrogen and oxygen atoms in total. The smallest absolute Gasteiger partial charge is 0.329 e. The van der Waals surface area contributed by atoms with E-state index in [1.54, 1.807) is 12.1 Å². The fraction of sp³-hybridized carbons (Fsp3) is 0.350. The molecule has 1 aromatic carbocycles. The molecule has 0 saturated carbocycles. The highest BCUT2D eigenvalue weighted by molar-refractivity contribution is 7.19. The molecule has 0 fully saturated rings. The quantitative estimate of drug-likeness (QED) is 0.661. The summed E-state index contributed by atoms with van der Waals surface area (Å²) in [7, 11) is 0. The summed E-state index contributed by atoms with van der Waals surface area (Å²) in [5.41, 5.74) is -0.0934. The minimum atomic E-state index is -1.41. The third-order valence-corrected chi connectivity index (χ3v) is 5.91. The van der Waals surface area contributed by atoms with Gasteiger partial charge in [-0.3, -0.25) is 9.36 Å². The number of aromatic nitrogens is 2. The molecule has 142 valence electrons. The predicted octanol–water partition coefficient (Wildman–Crippen LogP) is 5.03. The van der Waals surface area contributed by atoms with E-state index in [9.17, 15) is 14.7 Å². The van der Waals surface area contributed by atoms with Gasteiger partial charge in [0.2, 0.25) is 0 Å². The number of benzene rings is 1. The number of hydrogen-bond donors (Lipinski definition) is 1. The van der Waals surface area contributed by atoms with Gasteiger partial charge in [0, 0.05) is 21.4 Å². The number of nitrogens with zero attached hydrogens (tertiary/aromatic N) is 2. The number of aliphatic carboxylic acids is 1. The van der Waals surface area contributed by atoms with E-state index in [-0.39, 0.29) is 11.5 Å². The van der Waals surface area contributed by atoms with Crippen LogP contribution in [0.15, 0.2) is 29.1 Å². The van der Waals surface area contributed by atoms with Gasteiger partial charge in [0.05, 0.1) is 5.39 Å². The summed E-state index contributed by atoms with van der Waals surface area (Å²) in [4.78, 5) is 31.7. The van der Waals surface area contributed by atoms with Gasteiger partial charge in [-0.15, -0.1) is 11.3 Å². The lowest BCUT2D eigenvalue weighted by atomic mass is 10.0. The summed E-state index contributed by atoms with van der Waals surface area (Å²) >= 11 is 7.44. The van der Waals surface area contributed by atoms with Crippen molar-refractivity contribution < 1.29 is 9.90 Å². The van der Waals surface area contributed by atoms with Gasteiger partial charge in [0.1, 0.15) is 16.2 Å². The lowest BCUT2D eigenvalue weighted by Gasteiger charge is -2.27. The van der Waals surface area contributed by atoms with Crippen LogP contribution in [0.3, 0.4) is 0 Å². The Bertz CT molecular complexity index is 1100. The molecule has 0 radical (unpaired) electrons. The van der Waals surface area contributed by atoms with E-state index in [0.717, 1.165) is 16.0 Å². The summed E-state index contributed by atoms with van der Waals surface area (Å²) in [6.07, 6.45) is 0. The van der Waals surface area contributed by atoms with Crippen LogP contribution in [0.1, 0.15) is 44.3 Å². The maximum absolute atomic E-state index is 13.5. The first-order valence-electron chi connectivity index (χ1n) is 8.61. The van der Waals surface area contributed by atoms with Crippen LogP contribution < -0.4 is 5.56 Å². The van der Waals surface area contributed by atoms with E-state index in [2.05, 4.69) is 0 Å². The molecule has 0 aliphatic heterocycles. The highest BCUT2D eigenvalue weighted by atomic mass is 35.5. The molecule has 27 heavy (non-hydrogen) atoms. The van der Waals surface area contributed by atoms with Gasteiger partial charge in [0.15, 0.2) is 0 Å².